The number of carboxylic acid groups (broad SMARTS) is 1. The minimum absolute atomic E-state index is 0.315. The van der Waals surface area contributed by atoms with E-state index in [2.05, 4.69) is 21.7 Å². The first-order valence-electron chi connectivity index (χ1n) is 8.02. The first-order valence-corrected chi connectivity index (χ1v) is 8.02. The smallest absolute Gasteiger partial charge is 0.303 e. The van der Waals surface area contributed by atoms with E-state index in [0.29, 0.717) is 12.5 Å². The summed E-state index contributed by atoms with van der Waals surface area (Å²) in [5.41, 5.74) is 0. The fourth-order valence-corrected chi connectivity index (χ4v) is 3.31. The fraction of sp³-hybridized carbons (Fsp3) is 0.933. The monoisotopic (exact) mass is 283 g/mol. The molecule has 0 radical (unpaired) electrons. The molecule has 0 aromatic heterocycles. The van der Waals surface area contributed by atoms with Crippen LogP contribution < -0.4 is 0 Å². The van der Waals surface area contributed by atoms with Crippen LogP contribution in [-0.2, 0) is 4.79 Å². The van der Waals surface area contributed by atoms with E-state index >= 15 is 0 Å². The molecule has 0 bridgehead atoms. The molecule has 0 aromatic carbocycles. The Bertz CT molecular complexity index is 303. The molecule has 1 atom stereocenters. The van der Waals surface area contributed by atoms with Gasteiger partial charge in [-0.05, 0) is 32.9 Å². The first-order chi connectivity index (χ1) is 9.65. The first kappa shape index (κ1) is 15.7. The molecule has 20 heavy (non-hydrogen) atoms. The van der Waals surface area contributed by atoms with Gasteiger partial charge in [-0.25, -0.2) is 0 Å². The number of hydrogen-bond acceptors (Lipinski definition) is 4. The maximum absolute atomic E-state index is 10.8. The standard InChI is InChI=1S/C15H29N3O2/c1-16-8-10-17(11-9-16)12-13-18-7-3-2-4-14(18)5-6-15(19)20/h14H,2-13H2,1H3,(H,19,20). The van der Waals surface area contributed by atoms with E-state index in [9.17, 15) is 4.79 Å². The Morgan fingerprint density at radius 2 is 1.85 bits per heavy atom. The number of rotatable bonds is 6. The number of hydrogen-bond donors (Lipinski definition) is 1. The van der Waals surface area contributed by atoms with Crippen LogP contribution in [-0.4, -0.2) is 84.7 Å². The van der Waals surface area contributed by atoms with E-state index in [0.717, 1.165) is 26.1 Å². The zero-order valence-corrected chi connectivity index (χ0v) is 12.8. The lowest BCUT2D eigenvalue weighted by molar-refractivity contribution is -0.137. The predicted octanol–water partition coefficient (Wildman–Crippen LogP) is 0.953. The van der Waals surface area contributed by atoms with Gasteiger partial charge in [0.15, 0.2) is 0 Å². The topological polar surface area (TPSA) is 47.0 Å². The molecular weight excluding hydrogens is 254 g/mol. The maximum Gasteiger partial charge on any atom is 0.303 e. The molecule has 0 spiro atoms. The van der Waals surface area contributed by atoms with Gasteiger partial charge in [0.25, 0.3) is 0 Å². The van der Waals surface area contributed by atoms with Crippen LogP contribution >= 0.6 is 0 Å². The number of nitrogens with zero attached hydrogens (tertiary/aromatic N) is 3. The average Bonchev–Trinajstić information content (AvgIpc) is 2.45. The molecular formula is C15H29N3O2. The Kier molecular flexibility index (Phi) is 6.26. The zero-order chi connectivity index (χ0) is 14.4. The summed E-state index contributed by atoms with van der Waals surface area (Å²) in [7, 11) is 2.18. The van der Waals surface area contributed by atoms with E-state index in [1.54, 1.807) is 0 Å². The average molecular weight is 283 g/mol. The second-order valence-electron chi connectivity index (χ2n) is 6.26. The van der Waals surface area contributed by atoms with Gasteiger partial charge in [0.2, 0.25) is 0 Å². The van der Waals surface area contributed by atoms with Crippen molar-refractivity contribution in [3.8, 4) is 0 Å². The van der Waals surface area contributed by atoms with Gasteiger partial charge in [0.05, 0.1) is 0 Å². The van der Waals surface area contributed by atoms with Gasteiger partial charge in [0.1, 0.15) is 0 Å². The highest BCUT2D eigenvalue weighted by molar-refractivity contribution is 5.66. The summed E-state index contributed by atoms with van der Waals surface area (Å²) in [6, 6.07) is 0.493. The Morgan fingerprint density at radius 3 is 2.55 bits per heavy atom. The molecule has 1 N–H and O–H groups in total. The normalized spacial score (nSPS) is 26.8. The van der Waals surface area contributed by atoms with Crippen LogP contribution in [0.25, 0.3) is 0 Å². The summed E-state index contributed by atoms with van der Waals surface area (Å²) in [5.74, 6) is -0.658. The van der Waals surface area contributed by atoms with Crippen LogP contribution in [0.15, 0.2) is 0 Å². The second kappa shape index (κ2) is 7.96. The fourth-order valence-electron chi connectivity index (χ4n) is 3.31. The zero-order valence-electron chi connectivity index (χ0n) is 12.8. The van der Waals surface area contributed by atoms with Crippen molar-refractivity contribution in [1.29, 1.82) is 0 Å². The quantitative estimate of drug-likeness (QED) is 0.786. The van der Waals surface area contributed by atoms with E-state index < -0.39 is 5.97 Å². The summed E-state index contributed by atoms with van der Waals surface area (Å²) in [4.78, 5) is 18.2. The summed E-state index contributed by atoms with van der Waals surface area (Å²) in [5, 5.41) is 8.86. The molecule has 0 aliphatic carbocycles. The van der Waals surface area contributed by atoms with Crippen molar-refractivity contribution >= 4 is 5.97 Å². The van der Waals surface area contributed by atoms with E-state index in [4.69, 9.17) is 5.11 Å². The third-order valence-electron chi connectivity index (χ3n) is 4.74. The summed E-state index contributed by atoms with van der Waals surface area (Å²) < 4.78 is 0. The number of carboxylic acids is 1. The predicted molar refractivity (Wildman–Crippen MR) is 80.0 cm³/mol. The molecule has 2 heterocycles. The van der Waals surface area contributed by atoms with Gasteiger partial charge in [-0.1, -0.05) is 6.42 Å². The number of aliphatic carboxylic acids is 1. The second-order valence-corrected chi connectivity index (χ2v) is 6.26. The molecule has 2 saturated heterocycles. The van der Waals surface area contributed by atoms with Gasteiger partial charge in [-0.15, -0.1) is 0 Å². The molecule has 5 nitrogen and oxygen atoms in total. The summed E-state index contributed by atoms with van der Waals surface area (Å²) >= 11 is 0. The van der Waals surface area contributed by atoms with Gasteiger partial charge in [0, 0.05) is 51.7 Å². The molecule has 0 saturated carbocycles. The molecule has 5 heteroatoms. The number of likely N-dealkylation sites (N-methyl/N-ethyl adjacent to an activating group) is 1. The highest BCUT2D eigenvalue weighted by atomic mass is 16.4. The highest BCUT2D eigenvalue weighted by Crippen LogP contribution is 2.20. The van der Waals surface area contributed by atoms with Crippen molar-refractivity contribution in [3.05, 3.63) is 0 Å². The van der Waals surface area contributed by atoms with Gasteiger partial charge < -0.3 is 10.0 Å². The van der Waals surface area contributed by atoms with Gasteiger partial charge >= 0.3 is 5.97 Å². The maximum atomic E-state index is 10.8. The van der Waals surface area contributed by atoms with Gasteiger partial charge in [-0.2, -0.15) is 0 Å². The minimum atomic E-state index is -0.658. The Labute approximate surface area is 122 Å². The molecule has 0 amide bonds. The third kappa shape index (κ3) is 5.04. The van der Waals surface area contributed by atoms with Crippen LogP contribution in [0.2, 0.25) is 0 Å². The summed E-state index contributed by atoms with van der Waals surface area (Å²) in [6.07, 6.45) is 4.84. The van der Waals surface area contributed by atoms with Crippen molar-refractivity contribution in [3.63, 3.8) is 0 Å². The van der Waals surface area contributed by atoms with Gasteiger partial charge in [-0.3, -0.25) is 14.6 Å². The van der Waals surface area contributed by atoms with Crippen molar-refractivity contribution in [1.82, 2.24) is 14.7 Å². The largest absolute Gasteiger partial charge is 0.481 e. The number of piperidine rings is 1. The molecule has 2 aliphatic rings. The van der Waals surface area contributed by atoms with Crippen LogP contribution in [0.5, 0.6) is 0 Å². The number of carbonyl (C=O) groups is 1. The SMILES string of the molecule is CN1CCN(CCN2CCCCC2CCC(=O)O)CC1. The van der Waals surface area contributed by atoms with Crippen molar-refractivity contribution in [2.24, 2.45) is 0 Å². The number of piperazine rings is 1. The van der Waals surface area contributed by atoms with E-state index in [-0.39, 0.29) is 0 Å². The van der Waals surface area contributed by atoms with Crippen molar-refractivity contribution in [2.75, 3.05) is 52.9 Å². The Hall–Kier alpha value is -0.650. The molecule has 0 aromatic rings. The number of likely N-dealkylation sites (tertiary alicyclic amines) is 1. The highest BCUT2D eigenvalue weighted by Gasteiger charge is 2.23. The molecule has 2 fully saturated rings. The molecule has 116 valence electrons. The van der Waals surface area contributed by atoms with Crippen molar-refractivity contribution < 1.29 is 9.90 Å². The minimum Gasteiger partial charge on any atom is -0.481 e. The van der Waals surface area contributed by atoms with Crippen molar-refractivity contribution in [2.45, 2.75) is 38.1 Å². The summed E-state index contributed by atoms with van der Waals surface area (Å²) in [6.45, 7) is 8.07. The van der Waals surface area contributed by atoms with Crippen LogP contribution in [0.3, 0.4) is 0 Å². The molecule has 2 aliphatic heterocycles. The Morgan fingerprint density at radius 1 is 1.10 bits per heavy atom. The third-order valence-corrected chi connectivity index (χ3v) is 4.74. The van der Waals surface area contributed by atoms with Crippen LogP contribution in [0, 0.1) is 0 Å². The lowest BCUT2D eigenvalue weighted by Crippen LogP contribution is -2.49. The van der Waals surface area contributed by atoms with E-state index in [1.807, 2.05) is 0 Å². The Balaban J connectivity index is 1.72. The van der Waals surface area contributed by atoms with Crippen LogP contribution in [0.1, 0.15) is 32.1 Å². The molecule has 1 unspecified atom stereocenters. The lowest BCUT2D eigenvalue weighted by Gasteiger charge is -2.38. The van der Waals surface area contributed by atoms with Crippen LogP contribution in [0.4, 0.5) is 0 Å². The molecule has 2 rings (SSSR count). The van der Waals surface area contributed by atoms with E-state index in [1.165, 1.54) is 45.4 Å². The lowest BCUT2D eigenvalue weighted by atomic mass is 9.98.